The van der Waals surface area contributed by atoms with Gasteiger partial charge in [0.2, 0.25) is 6.33 Å². The molecule has 0 unspecified atom stereocenters. The molecule has 0 aromatic carbocycles. The molecule has 16 heavy (non-hydrogen) atoms. The Hall–Kier alpha value is -1.47. The summed E-state index contributed by atoms with van der Waals surface area (Å²) in [6.45, 7) is 4.30. The quantitative estimate of drug-likeness (QED) is 0.566. The summed E-state index contributed by atoms with van der Waals surface area (Å²) in [5.74, 6) is -0.0268. The zero-order valence-corrected chi connectivity index (χ0v) is 9.22. The Balaban J connectivity index is 2.12. The van der Waals surface area contributed by atoms with E-state index in [1.807, 2.05) is 0 Å². The van der Waals surface area contributed by atoms with Gasteiger partial charge in [0.05, 0.1) is 0 Å². The summed E-state index contributed by atoms with van der Waals surface area (Å²) in [7, 11) is 1.79. The molecule has 1 N–H and O–H groups in total. The maximum Gasteiger partial charge on any atom is 0.386 e. The van der Waals surface area contributed by atoms with Crippen molar-refractivity contribution < 1.29 is 4.92 Å². The Morgan fingerprint density at radius 2 is 2.25 bits per heavy atom. The third kappa shape index (κ3) is 2.20. The first-order chi connectivity index (χ1) is 7.68. The molecule has 1 aromatic rings. The van der Waals surface area contributed by atoms with Crippen LogP contribution in [0.2, 0.25) is 0 Å². The fourth-order valence-electron chi connectivity index (χ4n) is 1.86. The lowest BCUT2D eigenvalue weighted by molar-refractivity contribution is -0.390. The maximum absolute atomic E-state index is 10.8. The molecule has 0 bridgehead atoms. The van der Waals surface area contributed by atoms with Crippen molar-refractivity contribution in [1.29, 1.82) is 0 Å². The minimum atomic E-state index is -0.419. The second kappa shape index (κ2) is 4.58. The number of piperazine rings is 1. The lowest BCUT2D eigenvalue weighted by Gasteiger charge is -2.26. The highest BCUT2D eigenvalue weighted by atomic mass is 16.6. The highest BCUT2D eigenvalue weighted by Gasteiger charge is 2.22. The fraction of sp³-hybridized carbons (Fsp3) is 0.667. The third-order valence-corrected chi connectivity index (χ3v) is 2.79. The number of imidazole rings is 1. The summed E-state index contributed by atoms with van der Waals surface area (Å²) in [6.07, 6.45) is 1.50. The van der Waals surface area contributed by atoms with E-state index in [-0.39, 0.29) is 5.82 Å². The third-order valence-electron chi connectivity index (χ3n) is 2.79. The van der Waals surface area contributed by atoms with Crippen LogP contribution in [0, 0.1) is 10.1 Å². The van der Waals surface area contributed by atoms with Gasteiger partial charge < -0.3 is 20.0 Å². The average Bonchev–Trinajstić information content (AvgIpc) is 2.62. The summed E-state index contributed by atoms with van der Waals surface area (Å²) in [4.78, 5) is 16.4. The molecule has 88 valence electrons. The highest BCUT2D eigenvalue weighted by molar-refractivity contribution is 5.26. The van der Waals surface area contributed by atoms with Crippen molar-refractivity contribution in [2.75, 3.05) is 26.2 Å². The monoisotopic (exact) mass is 225 g/mol. The number of aryl methyl sites for hydroxylation is 1. The van der Waals surface area contributed by atoms with Gasteiger partial charge in [-0.2, -0.15) is 0 Å². The first-order valence-electron chi connectivity index (χ1n) is 5.26. The number of nitrogens with one attached hydrogen (secondary N) is 1. The zero-order valence-electron chi connectivity index (χ0n) is 9.22. The molecule has 2 heterocycles. The van der Waals surface area contributed by atoms with Gasteiger partial charge in [0.25, 0.3) is 0 Å². The van der Waals surface area contributed by atoms with E-state index in [2.05, 4.69) is 15.2 Å². The molecule has 0 saturated carbocycles. The molecule has 1 fully saturated rings. The van der Waals surface area contributed by atoms with E-state index < -0.39 is 4.92 Å². The van der Waals surface area contributed by atoms with Crippen LogP contribution in [0.1, 0.15) is 5.69 Å². The second-order valence-electron chi connectivity index (χ2n) is 3.91. The first-order valence-corrected chi connectivity index (χ1v) is 5.26. The van der Waals surface area contributed by atoms with Crippen molar-refractivity contribution in [1.82, 2.24) is 19.8 Å². The number of rotatable bonds is 3. The molecule has 1 aliphatic rings. The van der Waals surface area contributed by atoms with E-state index in [0.717, 1.165) is 26.2 Å². The molecule has 1 aromatic heterocycles. The van der Waals surface area contributed by atoms with Crippen molar-refractivity contribution in [2.45, 2.75) is 6.54 Å². The molecule has 0 spiro atoms. The van der Waals surface area contributed by atoms with Gasteiger partial charge in [0, 0.05) is 39.8 Å². The average molecular weight is 225 g/mol. The van der Waals surface area contributed by atoms with Gasteiger partial charge in [-0.25, -0.2) is 0 Å². The van der Waals surface area contributed by atoms with Crippen molar-refractivity contribution in [2.24, 2.45) is 7.05 Å². The number of nitro groups is 1. The number of aromatic nitrogens is 2. The summed E-state index contributed by atoms with van der Waals surface area (Å²) in [5.41, 5.74) is 0.673. The van der Waals surface area contributed by atoms with Crippen LogP contribution in [-0.2, 0) is 13.6 Å². The van der Waals surface area contributed by atoms with Crippen LogP contribution in [-0.4, -0.2) is 45.6 Å². The Bertz CT molecular complexity index is 383. The normalized spacial score (nSPS) is 17.6. The summed E-state index contributed by atoms with van der Waals surface area (Å²) in [5, 5.41) is 14.0. The van der Waals surface area contributed by atoms with Crippen LogP contribution in [0.3, 0.4) is 0 Å². The minimum Gasteiger partial charge on any atom is -0.358 e. The minimum absolute atomic E-state index is 0.0268. The smallest absolute Gasteiger partial charge is 0.358 e. The molecule has 0 aliphatic carbocycles. The second-order valence-corrected chi connectivity index (χ2v) is 3.91. The Labute approximate surface area is 93.2 Å². The molecule has 1 saturated heterocycles. The molecule has 0 amide bonds. The lowest BCUT2D eigenvalue weighted by Crippen LogP contribution is -2.43. The number of hydrogen-bond acceptors (Lipinski definition) is 5. The molecule has 0 radical (unpaired) electrons. The van der Waals surface area contributed by atoms with E-state index in [0.29, 0.717) is 12.2 Å². The Morgan fingerprint density at radius 3 is 2.88 bits per heavy atom. The predicted octanol–water partition coefficient (Wildman–Crippen LogP) is -0.266. The Morgan fingerprint density at radius 1 is 1.56 bits per heavy atom. The van der Waals surface area contributed by atoms with Crippen molar-refractivity contribution >= 4 is 5.82 Å². The van der Waals surface area contributed by atoms with Gasteiger partial charge in [-0.05, 0) is 9.91 Å². The molecule has 7 nitrogen and oxygen atoms in total. The van der Waals surface area contributed by atoms with E-state index in [1.54, 1.807) is 11.6 Å². The molecule has 0 atom stereocenters. The predicted molar refractivity (Wildman–Crippen MR) is 58.0 cm³/mol. The summed E-state index contributed by atoms with van der Waals surface area (Å²) in [6, 6.07) is 0. The SMILES string of the molecule is Cn1cnc([N+](=O)[O-])c1CN1CCNCC1. The van der Waals surface area contributed by atoms with Crippen LogP contribution in [0.5, 0.6) is 0 Å². The van der Waals surface area contributed by atoms with Crippen LogP contribution in [0.25, 0.3) is 0 Å². The zero-order chi connectivity index (χ0) is 11.5. The topological polar surface area (TPSA) is 76.2 Å². The van der Waals surface area contributed by atoms with Crippen LogP contribution in [0.15, 0.2) is 6.33 Å². The van der Waals surface area contributed by atoms with Gasteiger partial charge in [-0.3, -0.25) is 4.90 Å². The lowest BCUT2D eigenvalue weighted by atomic mass is 10.3. The van der Waals surface area contributed by atoms with Gasteiger partial charge in [0.1, 0.15) is 5.69 Å². The van der Waals surface area contributed by atoms with Crippen LogP contribution in [0.4, 0.5) is 5.82 Å². The van der Waals surface area contributed by atoms with Gasteiger partial charge in [-0.1, -0.05) is 0 Å². The van der Waals surface area contributed by atoms with Crippen LogP contribution < -0.4 is 5.32 Å². The fourth-order valence-corrected chi connectivity index (χ4v) is 1.86. The van der Waals surface area contributed by atoms with E-state index in [9.17, 15) is 10.1 Å². The van der Waals surface area contributed by atoms with Gasteiger partial charge in [0.15, 0.2) is 0 Å². The Kier molecular flexibility index (Phi) is 3.16. The van der Waals surface area contributed by atoms with E-state index in [4.69, 9.17) is 0 Å². The molecule has 2 rings (SSSR count). The maximum atomic E-state index is 10.8. The van der Waals surface area contributed by atoms with Crippen molar-refractivity contribution in [3.8, 4) is 0 Å². The standard InChI is InChI=1S/C9H15N5O2/c1-12-7-11-9(14(15)16)8(12)6-13-4-2-10-3-5-13/h7,10H,2-6H2,1H3. The van der Waals surface area contributed by atoms with E-state index >= 15 is 0 Å². The van der Waals surface area contributed by atoms with E-state index in [1.165, 1.54) is 6.33 Å². The van der Waals surface area contributed by atoms with Crippen molar-refractivity contribution in [3.63, 3.8) is 0 Å². The molecular formula is C9H15N5O2. The van der Waals surface area contributed by atoms with Gasteiger partial charge >= 0.3 is 5.82 Å². The first kappa shape index (κ1) is 11.0. The molecule has 7 heteroatoms. The van der Waals surface area contributed by atoms with Crippen molar-refractivity contribution in [3.05, 3.63) is 22.1 Å². The summed E-state index contributed by atoms with van der Waals surface area (Å²) >= 11 is 0. The summed E-state index contributed by atoms with van der Waals surface area (Å²) < 4.78 is 1.72. The van der Waals surface area contributed by atoms with Crippen LogP contribution >= 0.6 is 0 Å². The molecular weight excluding hydrogens is 210 g/mol. The largest absolute Gasteiger partial charge is 0.386 e. The number of nitrogens with zero attached hydrogens (tertiary/aromatic N) is 4. The molecule has 1 aliphatic heterocycles. The number of hydrogen-bond donors (Lipinski definition) is 1. The van der Waals surface area contributed by atoms with Gasteiger partial charge in [-0.15, -0.1) is 0 Å². The highest BCUT2D eigenvalue weighted by Crippen LogP contribution is 2.17.